The number of benzene rings is 2. The van der Waals surface area contributed by atoms with Crippen molar-refractivity contribution in [2.75, 3.05) is 37.6 Å². The number of carbonyl (C=O) groups excluding carboxylic acids is 1. The molecule has 2 N–H and O–H groups in total. The molecule has 0 bridgehead atoms. The lowest BCUT2D eigenvalue weighted by Gasteiger charge is -2.35. The molecule has 4 rings (SSSR count). The molecule has 0 unspecified atom stereocenters. The van der Waals surface area contributed by atoms with Gasteiger partial charge in [-0.1, -0.05) is 36.4 Å². The Morgan fingerprint density at radius 1 is 1.11 bits per heavy atom. The molecule has 0 radical (unpaired) electrons. The third-order valence-corrected chi connectivity index (χ3v) is 6.50. The minimum absolute atomic E-state index is 0.188. The first-order valence-corrected chi connectivity index (χ1v) is 10.6. The monoisotopic (exact) mass is 378 g/mol. The van der Waals surface area contributed by atoms with Crippen molar-refractivity contribution in [2.45, 2.75) is 39.2 Å². The van der Waals surface area contributed by atoms with Crippen molar-refractivity contribution in [1.82, 2.24) is 5.32 Å². The van der Waals surface area contributed by atoms with Crippen LogP contribution in [0.25, 0.3) is 0 Å². The number of nitrogens with one attached hydrogen (secondary N) is 2. The molecule has 1 saturated heterocycles. The van der Waals surface area contributed by atoms with E-state index in [4.69, 9.17) is 0 Å². The molecular weight excluding hydrogens is 346 g/mol. The maximum atomic E-state index is 12.7. The molecule has 1 aliphatic carbocycles. The van der Waals surface area contributed by atoms with Crippen molar-refractivity contribution in [3.05, 3.63) is 64.7 Å². The van der Waals surface area contributed by atoms with Gasteiger partial charge < -0.3 is 15.1 Å². The highest BCUT2D eigenvalue weighted by molar-refractivity contribution is 5.77. The van der Waals surface area contributed by atoms with Crippen molar-refractivity contribution in [3.63, 3.8) is 0 Å². The summed E-state index contributed by atoms with van der Waals surface area (Å²) in [5.74, 6) is 0.192. The smallest absolute Gasteiger partial charge is 0.275 e. The number of carbonyl (C=O) groups is 1. The Hall–Kier alpha value is -2.33. The minimum atomic E-state index is 0.188. The van der Waals surface area contributed by atoms with Crippen molar-refractivity contribution < 1.29 is 9.69 Å². The topological polar surface area (TPSA) is 36.8 Å². The molecule has 1 fully saturated rings. The molecule has 1 amide bonds. The van der Waals surface area contributed by atoms with Crippen LogP contribution in [-0.4, -0.2) is 38.6 Å². The summed E-state index contributed by atoms with van der Waals surface area (Å²) < 4.78 is 0. The first-order valence-electron chi connectivity index (χ1n) is 10.6. The minimum Gasteiger partial charge on any atom is -0.360 e. The zero-order valence-corrected chi connectivity index (χ0v) is 17.1. The van der Waals surface area contributed by atoms with Gasteiger partial charge in [0.1, 0.15) is 0 Å². The van der Waals surface area contributed by atoms with Gasteiger partial charge in [-0.25, -0.2) is 0 Å². The van der Waals surface area contributed by atoms with Crippen LogP contribution in [0.1, 0.15) is 41.1 Å². The van der Waals surface area contributed by atoms with E-state index < -0.39 is 0 Å². The maximum absolute atomic E-state index is 12.7. The van der Waals surface area contributed by atoms with Crippen molar-refractivity contribution >= 4 is 11.6 Å². The van der Waals surface area contributed by atoms with Gasteiger partial charge in [0.25, 0.3) is 5.91 Å². The van der Waals surface area contributed by atoms with Crippen molar-refractivity contribution in [1.29, 1.82) is 0 Å². The van der Waals surface area contributed by atoms with Crippen molar-refractivity contribution in [3.8, 4) is 0 Å². The van der Waals surface area contributed by atoms with Gasteiger partial charge in [0.2, 0.25) is 0 Å². The van der Waals surface area contributed by atoms with Gasteiger partial charge in [-0.15, -0.1) is 0 Å². The molecule has 4 nitrogen and oxygen atoms in total. The fourth-order valence-corrected chi connectivity index (χ4v) is 4.70. The average Bonchev–Trinajstić information content (AvgIpc) is 2.71. The molecule has 0 aromatic heterocycles. The fraction of sp³-hybridized carbons (Fsp3) is 0.458. The third kappa shape index (κ3) is 4.07. The Kier molecular flexibility index (Phi) is 5.67. The number of hydrogen-bond donors (Lipinski definition) is 2. The van der Waals surface area contributed by atoms with Crippen LogP contribution < -0.4 is 15.1 Å². The van der Waals surface area contributed by atoms with Crippen LogP contribution in [0.2, 0.25) is 0 Å². The zero-order valence-electron chi connectivity index (χ0n) is 17.1. The van der Waals surface area contributed by atoms with E-state index in [9.17, 15) is 4.79 Å². The van der Waals surface area contributed by atoms with Gasteiger partial charge in [0, 0.05) is 5.69 Å². The van der Waals surface area contributed by atoms with Gasteiger partial charge in [-0.05, 0) is 61.4 Å². The Balaban J connectivity index is 1.31. The number of hydrogen-bond acceptors (Lipinski definition) is 2. The molecule has 1 atom stereocenters. The molecular formula is C24H32N3O+. The lowest BCUT2D eigenvalue weighted by molar-refractivity contribution is -0.892. The number of piperazine rings is 1. The molecule has 2 aliphatic rings. The van der Waals surface area contributed by atoms with Crippen LogP contribution in [0.5, 0.6) is 0 Å². The molecule has 28 heavy (non-hydrogen) atoms. The molecule has 1 heterocycles. The van der Waals surface area contributed by atoms with E-state index in [1.165, 1.54) is 32.8 Å². The fourth-order valence-electron chi connectivity index (χ4n) is 4.70. The predicted molar refractivity (Wildman–Crippen MR) is 114 cm³/mol. The maximum Gasteiger partial charge on any atom is 0.275 e. The Morgan fingerprint density at radius 2 is 1.89 bits per heavy atom. The normalized spacial score (nSPS) is 19.9. The summed E-state index contributed by atoms with van der Waals surface area (Å²) in [5.41, 5.74) is 6.78. The number of quaternary nitrogens is 1. The van der Waals surface area contributed by atoms with Crippen LogP contribution in [-0.2, 0) is 11.2 Å². The highest BCUT2D eigenvalue weighted by Gasteiger charge is 2.26. The van der Waals surface area contributed by atoms with E-state index >= 15 is 0 Å². The van der Waals surface area contributed by atoms with E-state index in [-0.39, 0.29) is 11.9 Å². The van der Waals surface area contributed by atoms with Gasteiger partial charge in [-0.2, -0.15) is 0 Å². The van der Waals surface area contributed by atoms with Crippen LogP contribution >= 0.6 is 0 Å². The van der Waals surface area contributed by atoms with Crippen LogP contribution in [0.3, 0.4) is 0 Å². The highest BCUT2D eigenvalue weighted by atomic mass is 16.2. The summed E-state index contributed by atoms with van der Waals surface area (Å²) in [4.78, 5) is 16.6. The molecule has 1 aliphatic heterocycles. The van der Waals surface area contributed by atoms with Crippen molar-refractivity contribution in [2.24, 2.45) is 0 Å². The van der Waals surface area contributed by atoms with Crippen LogP contribution in [0, 0.1) is 13.8 Å². The summed E-state index contributed by atoms with van der Waals surface area (Å²) >= 11 is 0. The summed E-state index contributed by atoms with van der Waals surface area (Å²) in [6, 6.07) is 15.3. The number of anilines is 1. The number of amides is 1. The molecule has 2 aromatic carbocycles. The van der Waals surface area contributed by atoms with E-state index in [0.717, 1.165) is 45.4 Å². The van der Waals surface area contributed by atoms with Crippen LogP contribution in [0.4, 0.5) is 5.69 Å². The molecule has 4 heteroatoms. The standard InChI is InChI=1S/C24H31N3O/c1-18-7-5-12-23(19(18)2)27-15-13-26(14-16-27)17-24(28)25-22-11-6-9-20-8-3-4-10-21(20)22/h3-5,7-8,10,12,22H,6,9,11,13-17H2,1-2H3,(H,25,28)/p+1/t22-/m0/s1. The summed E-state index contributed by atoms with van der Waals surface area (Å²) in [6.07, 6.45) is 3.34. The first kappa shape index (κ1) is 19.0. The van der Waals surface area contributed by atoms with E-state index in [0.29, 0.717) is 6.54 Å². The SMILES string of the molecule is Cc1cccc(N2CC[NH+](CC(=O)N[C@H]3CCCc4ccccc43)CC2)c1C. The molecule has 0 spiro atoms. The second-order valence-electron chi connectivity index (χ2n) is 8.34. The van der Waals surface area contributed by atoms with E-state index in [1.807, 2.05) is 0 Å². The van der Waals surface area contributed by atoms with E-state index in [1.54, 1.807) is 0 Å². The van der Waals surface area contributed by atoms with Gasteiger partial charge >= 0.3 is 0 Å². The van der Waals surface area contributed by atoms with Crippen LogP contribution in [0.15, 0.2) is 42.5 Å². The predicted octanol–water partition coefficient (Wildman–Crippen LogP) is 2.20. The largest absolute Gasteiger partial charge is 0.360 e. The average molecular weight is 379 g/mol. The number of fused-ring (bicyclic) bond motifs is 1. The Morgan fingerprint density at radius 3 is 2.71 bits per heavy atom. The molecule has 0 saturated carbocycles. The third-order valence-electron chi connectivity index (χ3n) is 6.50. The lowest BCUT2D eigenvalue weighted by Crippen LogP contribution is -3.16. The molecule has 148 valence electrons. The first-order chi connectivity index (χ1) is 13.6. The summed E-state index contributed by atoms with van der Waals surface area (Å²) in [7, 11) is 0. The Bertz CT molecular complexity index is 839. The molecule has 2 aromatic rings. The summed E-state index contributed by atoms with van der Waals surface area (Å²) in [5, 5.41) is 3.31. The summed E-state index contributed by atoms with van der Waals surface area (Å²) in [6.45, 7) is 9.02. The quantitative estimate of drug-likeness (QED) is 0.856. The number of aryl methyl sites for hydroxylation is 2. The second-order valence-corrected chi connectivity index (χ2v) is 8.34. The van der Waals surface area contributed by atoms with Gasteiger partial charge in [0.05, 0.1) is 32.2 Å². The zero-order chi connectivity index (χ0) is 19.5. The van der Waals surface area contributed by atoms with Gasteiger partial charge in [-0.3, -0.25) is 4.79 Å². The highest BCUT2D eigenvalue weighted by Crippen LogP contribution is 2.29. The van der Waals surface area contributed by atoms with Gasteiger partial charge in [0.15, 0.2) is 6.54 Å². The van der Waals surface area contributed by atoms with E-state index in [2.05, 4.69) is 66.5 Å². The Labute approximate surface area is 168 Å². The number of nitrogens with zero attached hydrogens (tertiary/aromatic N) is 1. The second kappa shape index (κ2) is 8.36. The lowest BCUT2D eigenvalue weighted by atomic mass is 9.88. The number of rotatable bonds is 4.